The third-order valence-corrected chi connectivity index (χ3v) is 6.55. The zero-order valence-electron chi connectivity index (χ0n) is 14.0. The second-order valence-electron chi connectivity index (χ2n) is 6.37. The average Bonchev–Trinajstić information content (AvgIpc) is 3.37. The lowest BCUT2D eigenvalue weighted by Crippen LogP contribution is -2.32. The number of nitrogens with one attached hydrogen (secondary N) is 1. The van der Waals surface area contributed by atoms with Crippen LogP contribution in [0.4, 0.5) is 0 Å². The first kappa shape index (κ1) is 17.0. The molecule has 1 amide bonds. The van der Waals surface area contributed by atoms with Gasteiger partial charge in [-0.1, -0.05) is 0 Å². The minimum absolute atomic E-state index is 0.00393. The van der Waals surface area contributed by atoms with Gasteiger partial charge in [0.25, 0.3) is 0 Å². The van der Waals surface area contributed by atoms with Crippen LogP contribution in [0.3, 0.4) is 0 Å². The van der Waals surface area contributed by atoms with Gasteiger partial charge >= 0.3 is 0 Å². The van der Waals surface area contributed by atoms with Crippen LogP contribution in [0.5, 0.6) is 11.5 Å². The topological polar surface area (TPSA) is 94.8 Å². The highest BCUT2D eigenvalue weighted by molar-refractivity contribution is 7.91. The maximum absolute atomic E-state index is 13.2. The first-order chi connectivity index (χ1) is 12.6. The molecule has 1 atom stereocenters. The summed E-state index contributed by atoms with van der Waals surface area (Å²) in [4.78, 5) is 12.1. The van der Waals surface area contributed by atoms with Gasteiger partial charge in [0.15, 0.2) is 21.3 Å². The highest BCUT2D eigenvalue weighted by Gasteiger charge is 2.35. The molecule has 4 rings (SSSR count). The van der Waals surface area contributed by atoms with Gasteiger partial charge in [0.05, 0.1) is 11.2 Å². The SMILES string of the molecule is O=C(NC[C@H](c1ccco1)S(=O)(=O)c1ccc2c(c1)OCCO2)C1CC1. The fourth-order valence-corrected chi connectivity index (χ4v) is 4.49. The quantitative estimate of drug-likeness (QED) is 0.828. The van der Waals surface area contributed by atoms with E-state index in [2.05, 4.69) is 5.32 Å². The molecule has 1 N–H and O–H groups in total. The first-order valence-electron chi connectivity index (χ1n) is 8.50. The number of hydrogen-bond donors (Lipinski definition) is 1. The van der Waals surface area contributed by atoms with Crippen LogP contribution >= 0.6 is 0 Å². The predicted molar refractivity (Wildman–Crippen MR) is 91.8 cm³/mol. The standard InChI is InChI=1S/C18H19NO6S/c20-18(12-3-4-12)19-11-17(15-2-1-7-23-15)26(21,22)13-5-6-14-16(10-13)25-9-8-24-14/h1-2,5-7,10,12,17H,3-4,8-9,11H2,(H,19,20)/t17-/m1/s1. The van der Waals surface area contributed by atoms with Gasteiger partial charge in [-0.25, -0.2) is 8.42 Å². The summed E-state index contributed by atoms with van der Waals surface area (Å²) in [5, 5.41) is 1.73. The predicted octanol–water partition coefficient (Wildman–Crippen LogP) is 2.09. The minimum atomic E-state index is -3.80. The van der Waals surface area contributed by atoms with Crippen LogP contribution in [0.15, 0.2) is 45.9 Å². The van der Waals surface area contributed by atoms with Crippen LogP contribution in [0.25, 0.3) is 0 Å². The Kier molecular flexibility index (Phi) is 4.36. The van der Waals surface area contributed by atoms with Crippen LogP contribution in [-0.2, 0) is 14.6 Å². The summed E-state index contributed by atoms with van der Waals surface area (Å²) in [7, 11) is -3.80. The van der Waals surface area contributed by atoms with Gasteiger partial charge < -0.3 is 19.2 Å². The normalized spacial score (nSPS) is 17.5. The molecular weight excluding hydrogens is 358 g/mol. The van der Waals surface area contributed by atoms with E-state index in [0.717, 1.165) is 12.8 Å². The van der Waals surface area contributed by atoms with Crippen LogP contribution in [0, 0.1) is 5.92 Å². The van der Waals surface area contributed by atoms with E-state index in [-0.39, 0.29) is 29.0 Å². The number of carbonyl (C=O) groups is 1. The lowest BCUT2D eigenvalue weighted by molar-refractivity contribution is -0.122. The number of ether oxygens (including phenoxy) is 2. The molecule has 26 heavy (non-hydrogen) atoms. The number of fused-ring (bicyclic) bond motifs is 1. The molecule has 1 fully saturated rings. The smallest absolute Gasteiger partial charge is 0.223 e. The van der Waals surface area contributed by atoms with E-state index in [4.69, 9.17) is 13.9 Å². The fraction of sp³-hybridized carbons (Fsp3) is 0.389. The number of furan rings is 1. The molecule has 2 aromatic rings. The summed E-state index contributed by atoms with van der Waals surface area (Å²) in [6.07, 6.45) is 3.13. The van der Waals surface area contributed by atoms with Crippen molar-refractivity contribution in [2.45, 2.75) is 23.0 Å². The van der Waals surface area contributed by atoms with Crippen molar-refractivity contribution in [3.05, 3.63) is 42.4 Å². The van der Waals surface area contributed by atoms with E-state index in [0.29, 0.717) is 24.7 Å². The van der Waals surface area contributed by atoms with Crippen molar-refractivity contribution < 1.29 is 27.1 Å². The molecule has 2 heterocycles. The van der Waals surface area contributed by atoms with Crippen molar-refractivity contribution in [1.29, 1.82) is 0 Å². The highest BCUT2D eigenvalue weighted by Crippen LogP contribution is 2.36. The van der Waals surface area contributed by atoms with E-state index in [1.807, 2.05) is 0 Å². The molecular formula is C18H19NO6S. The van der Waals surface area contributed by atoms with Gasteiger partial charge in [-0.2, -0.15) is 0 Å². The number of rotatable bonds is 6. The lowest BCUT2D eigenvalue weighted by atomic mass is 10.3. The Hall–Kier alpha value is -2.48. The Balaban J connectivity index is 1.63. The van der Waals surface area contributed by atoms with Gasteiger partial charge in [-0.3, -0.25) is 4.79 Å². The van der Waals surface area contributed by atoms with Crippen molar-refractivity contribution in [1.82, 2.24) is 5.32 Å². The molecule has 0 unspecified atom stereocenters. The van der Waals surface area contributed by atoms with Crippen molar-refractivity contribution in [3.63, 3.8) is 0 Å². The second-order valence-corrected chi connectivity index (χ2v) is 8.50. The number of carbonyl (C=O) groups excluding carboxylic acids is 1. The maximum atomic E-state index is 13.2. The molecule has 1 saturated carbocycles. The first-order valence-corrected chi connectivity index (χ1v) is 10.0. The Morgan fingerprint density at radius 1 is 1.15 bits per heavy atom. The van der Waals surface area contributed by atoms with Crippen LogP contribution in [0.2, 0.25) is 0 Å². The monoisotopic (exact) mass is 377 g/mol. The largest absolute Gasteiger partial charge is 0.486 e. The molecule has 0 saturated heterocycles. The molecule has 0 radical (unpaired) electrons. The minimum Gasteiger partial charge on any atom is -0.486 e. The molecule has 1 aromatic heterocycles. The zero-order chi connectivity index (χ0) is 18.1. The Bertz CT molecular complexity index is 902. The lowest BCUT2D eigenvalue weighted by Gasteiger charge is -2.21. The second kappa shape index (κ2) is 6.68. The van der Waals surface area contributed by atoms with Gasteiger partial charge in [0.1, 0.15) is 24.2 Å². The summed E-state index contributed by atoms with van der Waals surface area (Å²) in [5.41, 5.74) is 0. The van der Waals surface area contributed by atoms with E-state index < -0.39 is 15.1 Å². The summed E-state index contributed by atoms with van der Waals surface area (Å²) < 4.78 is 42.7. The van der Waals surface area contributed by atoms with Gasteiger partial charge in [-0.05, 0) is 37.1 Å². The third-order valence-electron chi connectivity index (χ3n) is 4.49. The summed E-state index contributed by atoms with van der Waals surface area (Å²) in [5.74, 6) is 1.10. The van der Waals surface area contributed by atoms with Crippen molar-refractivity contribution in [2.75, 3.05) is 19.8 Å². The number of hydrogen-bond acceptors (Lipinski definition) is 6. The van der Waals surface area contributed by atoms with E-state index in [1.165, 1.54) is 18.4 Å². The summed E-state index contributed by atoms with van der Waals surface area (Å²) in [6, 6.07) is 7.77. The van der Waals surface area contributed by atoms with Gasteiger partial charge in [0, 0.05) is 18.5 Å². The number of benzene rings is 1. The highest BCUT2D eigenvalue weighted by atomic mass is 32.2. The molecule has 1 aliphatic carbocycles. The third kappa shape index (κ3) is 3.29. The molecule has 0 spiro atoms. The summed E-state index contributed by atoms with van der Waals surface area (Å²) >= 11 is 0. The molecule has 1 aliphatic heterocycles. The molecule has 2 aliphatic rings. The zero-order valence-corrected chi connectivity index (χ0v) is 14.8. The van der Waals surface area contributed by atoms with Crippen molar-refractivity contribution >= 4 is 15.7 Å². The van der Waals surface area contributed by atoms with Crippen molar-refractivity contribution in [2.24, 2.45) is 5.92 Å². The van der Waals surface area contributed by atoms with E-state index in [1.54, 1.807) is 18.2 Å². The molecule has 0 bridgehead atoms. The Labute approximate surface area is 151 Å². The van der Waals surface area contributed by atoms with E-state index in [9.17, 15) is 13.2 Å². The van der Waals surface area contributed by atoms with Gasteiger partial charge in [0.2, 0.25) is 5.91 Å². The number of sulfone groups is 1. The van der Waals surface area contributed by atoms with Crippen LogP contribution < -0.4 is 14.8 Å². The maximum Gasteiger partial charge on any atom is 0.223 e. The Morgan fingerprint density at radius 3 is 2.62 bits per heavy atom. The summed E-state index contributed by atoms with van der Waals surface area (Å²) in [6.45, 7) is 0.760. The molecule has 8 heteroatoms. The van der Waals surface area contributed by atoms with E-state index >= 15 is 0 Å². The van der Waals surface area contributed by atoms with Crippen LogP contribution in [-0.4, -0.2) is 34.1 Å². The molecule has 138 valence electrons. The molecule has 7 nitrogen and oxygen atoms in total. The van der Waals surface area contributed by atoms with Gasteiger partial charge in [-0.15, -0.1) is 0 Å². The van der Waals surface area contributed by atoms with Crippen molar-refractivity contribution in [3.8, 4) is 11.5 Å². The Morgan fingerprint density at radius 2 is 1.92 bits per heavy atom. The number of amides is 1. The van der Waals surface area contributed by atoms with Crippen LogP contribution in [0.1, 0.15) is 23.9 Å². The average molecular weight is 377 g/mol. The molecule has 1 aromatic carbocycles. The fourth-order valence-electron chi connectivity index (χ4n) is 2.89.